The first-order valence-electron chi connectivity index (χ1n) is 7.01. The minimum absolute atomic E-state index is 0.374. The molecule has 3 rings (SSSR count). The highest BCUT2D eigenvalue weighted by molar-refractivity contribution is 7.86. The maximum absolute atomic E-state index is 11.5. The second-order valence-corrected chi connectivity index (χ2v) is 6.61. The van der Waals surface area contributed by atoms with Crippen molar-refractivity contribution >= 4 is 37.9 Å². The predicted molar refractivity (Wildman–Crippen MR) is 87.2 cm³/mol. The lowest BCUT2D eigenvalue weighted by atomic mass is 10.0. The van der Waals surface area contributed by atoms with E-state index >= 15 is 0 Å². The first kappa shape index (κ1) is 19.6. The van der Waals surface area contributed by atoms with Crippen LogP contribution in [0.5, 0.6) is 0 Å². The summed E-state index contributed by atoms with van der Waals surface area (Å²) in [5, 5.41) is 11.0. The molecule has 0 fully saturated rings. The number of para-hydroxylation sites is 2. The Hall–Kier alpha value is -2.72. The fraction of sp³-hybridized carbons (Fsp3) is 0.125. The average molecular weight is 388 g/mol. The number of aromatic nitrogens is 1. The molecule has 1 aromatic heterocycles. The molecule has 138 valence electrons. The van der Waals surface area contributed by atoms with Crippen LogP contribution in [-0.4, -0.2) is 29.6 Å². The average Bonchev–Trinajstić information content (AvgIpc) is 2.54. The van der Waals surface area contributed by atoms with E-state index in [1.807, 2.05) is 60.1 Å². The van der Waals surface area contributed by atoms with Gasteiger partial charge in [-0.25, -0.2) is 4.79 Å². The van der Waals surface area contributed by atoms with Gasteiger partial charge in [0.25, 0.3) is 0 Å². The summed E-state index contributed by atoms with van der Waals surface area (Å²) in [6, 6.07) is 15.2. The van der Waals surface area contributed by atoms with Crippen LogP contribution >= 0.6 is 0 Å². The van der Waals surface area contributed by atoms with Crippen molar-refractivity contribution in [3.63, 3.8) is 0 Å². The van der Waals surface area contributed by atoms with Gasteiger partial charge in [-0.05, 0) is 12.1 Å². The second kappa shape index (κ2) is 6.89. The summed E-state index contributed by atoms with van der Waals surface area (Å²) in [4.78, 5) is 11.5. The van der Waals surface area contributed by atoms with Gasteiger partial charge in [0.05, 0.1) is 16.3 Å². The number of nitrogens with zero attached hydrogens (tertiary/aromatic N) is 1. The van der Waals surface area contributed by atoms with E-state index in [4.69, 9.17) is 13.0 Å². The Morgan fingerprint density at radius 1 is 0.962 bits per heavy atom. The second-order valence-electron chi connectivity index (χ2n) is 5.19. The van der Waals surface area contributed by atoms with Gasteiger partial charge in [0, 0.05) is 12.1 Å². The molecular formula is C16H13F3NO5S+. The van der Waals surface area contributed by atoms with Crippen LogP contribution in [0.3, 0.4) is 0 Å². The molecule has 0 saturated carbocycles. The normalized spacial score (nSPS) is 11.9. The smallest absolute Gasteiger partial charge is 0.478 e. The summed E-state index contributed by atoms with van der Waals surface area (Å²) < 4.78 is 59.6. The van der Waals surface area contributed by atoms with Gasteiger partial charge in [-0.3, -0.25) is 4.55 Å². The fourth-order valence-electron chi connectivity index (χ4n) is 2.46. The van der Waals surface area contributed by atoms with E-state index in [9.17, 15) is 23.1 Å². The molecule has 0 aliphatic heterocycles. The molecule has 0 saturated heterocycles. The third kappa shape index (κ3) is 3.75. The highest BCUT2D eigenvalue weighted by Gasteiger charge is 2.44. The molecule has 0 unspecified atom stereocenters. The van der Waals surface area contributed by atoms with Crippen LogP contribution in [0.25, 0.3) is 21.8 Å². The minimum atomic E-state index is -5.84. The van der Waals surface area contributed by atoms with Gasteiger partial charge in [-0.2, -0.15) is 26.2 Å². The number of carboxylic acid groups (broad SMARTS) is 1. The van der Waals surface area contributed by atoms with E-state index in [0.29, 0.717) is 5.56 Å². The summed E-state index contributed by atoms with van der Waals surface area (Å²) in [6.07, 6.45) is 0. The highest BCUT2D eigenvalue weighted by Crippen LogP contribution is 2.24. The molecule has 2 aromatic carbocycles. The van der Waals surface area contributed by atoms with Crippen LogP contribution in [0.4, 0.5) is 13.2 Å². The molecule has 3 aromatic rings. The number of alkyl halides is 3. The van der Waals surface area contributed by atoms with Gasteiger partial charge in [-0.1, -0.05) is 24.3 Å². The number of benzene rings is 2. The van der Waals surface area contributed by atoms with Gasteiger partial charge in [0.2, 0.25) is 11.0 Å². The molecule has 0 aliphatic carbocycles. The molecule has 10 heteroatoms. The quantitative estimate of drug-likeness (QED) is 0.289. The SMILES string of the molecule is C[n+]1c2ccccc2c(C(=O)O)c2ccccc21.O=S(=O)(O)C(F)(F)F. The lowest BCUT2D eigenvalue weighted by Gasteiger charge is -2.06. The van der Waals surface area contributed by atoms with Crippen molar-refractivity contribution < 1.29 is 40.6 Å². The zero-order chi connectivity index (χ0) is 19.7. The maximum atomic E-state index is 11.5. The van der Waals surface area contributed by atoms with E-state index in [1.54, 1.807) is 0 Å². The van der Waals surface area contributed by atoms with Crippen molar-refractivity contribution in [1.82, 2.24) is 0 Å². The Morgan fingerprint density at radius 2 is 1.31 bits per heavy atom. The van der Waals surface area contributed by atoms with Crippen molar-refractivity contribution in [3.8, 4) is 0 Å². The number of aromatic carboxylic acids is 1. The number of hydrogen-bond acceptors (Lipinski definition) is 3. The van der Waals surface area contributed by atoms with Crippen molar-refractivity contribution in [2.45, 2.75) is 5.51 Å². The molecule has 6 nitrogen and oxygen atoms in total. The molecular weight excluding hydrogens is 375 g/mol. The van der Waals surface area contributed by atoms with Gasteiger partial charge in [0.1, 0.15) is 7.05 Å². The van der Waals surface area contributed by atoms with Crippen LogP contribution in [0, 0.1) is 0 Å². The number of halogens is 3. The van der Waals surface area contributed by atoms with Crippen LogP contribution in [0.15, 0.2) is 48.5 Å². The number of hydrogen-bond donors (Lipinski definition) is 2. The van der Waals surface area contributed by atoms with Crippen molar-refractivity contribution in [2.75, 3.05) is 0 Å². The van der Waals surface area contributed by atoms with Gasteiger partial charge >= 0.3 is 21.6 Å². The summed E-state index contributed by atoms with van der Waals surface area (Å²) in [6.45, 7) is 0. The summed E-state index contributed by atoms with van der Waals surface area (Å²) in [5.41, 5.74) is -3.31. The van der Waals surface area contributed by atoms with Crippen LogP contribution in [-0.2, 0) is 17.2 Å². The largest absolute Gasteiger partial charge is 0.522 e. The Morgan fingerprint density at radius 3 is 1.62 bits per heavy atom. The van der Waals surface area contributed by atoms with Crippen LogP contribution in [0.1, 0.15) is 10.4 Å². The number of fused-ring (bicyclic) bond motifs is 2. The Bertz CT molecular complexity index is 1040. The van der Waals surface area contributed by atoms with Gasteiger partial charge < -0.3 is 5.11 Å². The minimum Gasteiger partial charge on any atom is -0.478 e. The Labute approximate surface area is 145 Å². The highest BCUT2D eigenvalue weighted by atomic mass is 32.2. The number of aryl methyl sites for hydroxylation is 1. The number of carboxylic acids is 1. The standard InChI is InChI=1S/C15H11NO2.CHF3O3S/c1-16-12-8-4-2-6-10(12)14(15(17)18)11-7-3-5-9-13(11)16;2-1(3,4)8(5,6)7/h2-9H,1H3;(H,5,6,7)/p+1. The third-order valence-corrected chi connectivity index (χ3v) is 4.16. The van der Waals surface area contributed by atoms with E-state index in [-0.39, 0.29) is 0 Å². The zero-order valence-electron chi connectivity index (χ0n) is 13.2. The monoisotopic (exact) mass is 388 g/mol. The molecule has 0 atom stereocenters. The lowest BCUT2D eigenvalue weighted by molar-refractivity contribution is -0.617. The number of pyridine rings is 1. The lowest BCUT2D eigenvalue weighted by Crippen LogP contribution is -2.31. The summed E-state index contributed by atoms with van der Waals surface area (Å²) >= 11 is 0. The first-order chi connectivity index (χ1) is 11.9. The van der Waals surface area contributed by atoms with Gasteiger partial charge in [-0.15, -0.1) is 0 Å². The van der Waals surface area contributed by atoms with E-state index in [2.05, 4.69) is 0 Å². The molecule has 0 aliphatic rings. The van der Waals surface area contributed by atoms with Crippen LogP contribution < -0.4 is 4.57 Å². The van der Waals surface area contributed by atoms with E-state index in [1.165, 1.54) is 0 Å². The van der Waals surface area contributed by atoms with Crippen molar-refractivity contribution in [2.24, 2.45) is 7.05 Å². The number of rotatable bonds is 1. The van der Waals surface area contributed by atoms with Gasteiger partial charge in [0.15, 0.2) is 0 Å². The fourth-order valence-corrected chi connectivity index (χ4v) is 2.46. The van der Waals surface area contributed by atoms with E-state index < -0.39 is 21.6 Å². The van der Waals surface area contributed by atoms with E-state index in [0.717, 1.165) is 21.8 Å². The molecule has 0 amide bonds. The summed E-state index contributed by atoms with van der Waals surface area (Å²) in [7, 11) is -3.89. The maximum Gasteiger partial charge on any atom is 0.522 e. The molecule has 0 bridgehead atoms. The topological polar surface area (TPSA) is 95.5 Å². The molecule has 0 spiro atoms. The Balaban J connectivity index is 0.000000260. The molecule has 1 heterocycles. The predicted octanol–water partition coefficient (Wildman–Crippen LogP) is 2.91. The molecule has 26 heavy (non-hydrogen) atoms. The summed E-state index contributed by atoms with van der Waals surface area (Å²) in [5.74, 6) is -0.886. The van der Waals surface area contributed by atoms with Crippen molar-refractivity contribution in [1.29, 1.82) is 0 Å². The number of carbonyl (C=O) groups is 1. The molecule has 2 N–H and O–H groups in total. The molecule has 0 radical (unpaired) electrons. The van der Waals surface area contributed by atoms with Crippen molar-refractivity contribution in [3.05, 3.63) is 54.1 Å². The van der Waals surface area contributed by atoms with Crippen LogP contribution in [0.2, 0.25) is 0 Å². The zero-order valence-corrected chi connectivity index (χ0v) is 14.0. The Kier molecular flexibility index (Phi) is 5.19. The first-order valence-corrected chi connectivity index (χ1v) is 8.45. The third-order valence-electron chi connectivity index (χ3n) is 3.58.